The molecular formula is C28H26O2S3. The number of thioether (sulfide) groups is 1. The zero-order valence-corrected chi connectivity index (χ0v) is 21.6. The Kier molecular flexibility index (Phi) is 7.03. The molecule has 0 aliphatic carbocycles. The molecule has 4 aromatic rings. The SMILES string of the molecule is CSc1ccc(-c2ccc(Sc3ccc(S(=O)(=O)c4ccc(C)cc4)cc3)cc2C)c(C)c1. The second-order valence-corrected chi connectivity index (χ2v) is 12.0. The zero-order chi connectivity index (χ0) is 23.6. The third kappa shape index (κ3) is 5.21. The van der Waals surface area contributed by atoms with Gasteiger partial charge in [0.2, 0.25) is 9.84 Å². The number of rotatable bonds is 6. The number of hydrogen-bond donors (Lipinski definition) is 0. The van der Waals surface area contributed by atoms with E-state index in [9.17, 15) is 8.42 Å². The predicted octanol–water partition coefficient (Wildman–Crippen LogP) is 7.98. The van der Waals surface area contributed by atoms with E-state index >= 15 is 0 Å². The summed E-state index contributed by atoms with van der Waals surface area (Å²) in [6.45, 7) is 6.24. The van der Waals surface area contributed by atoms with E-state index in [4.69, 9.17) is 0 Å². The van der Waals surface area contributed by atoms with Gasteiger partial charge >= 0.3 is 0 Å². The van der Waals surface area contributed by atoms with Gasteiger partial charge in [-0.1, -0.05) is 41.6 Å². The Morgan fingerprint density at radius 2 is 1.03 bits per heavy atom. The zero-order valence-electron chi connectivity index (χ0n) is 19.1. The van der Waals surface area contributed by atoms with Crippen LogP contribution in [-0.2, 0) is 9.84 Å². The molecule has 5 heteroatoms. The van der Waals surface area contributed by atoms with Gasteiger partial charge in [0, 0.05) is 14.7 Å². The second kappa shape index (κ2) is 9.80. The molecule has 0 saturated heterocycles. The van der Waals surface area contributed by atoms with Crippen LogP contribution < -0.4 is 0 Å². The first-order valence-corrected chi connectivity index (χ1v) is 14.2. The van der Waals surface area contributed by atoms with Gasteiger partial charge in [0.1, 0.15) is 0 Å². The number of aryl methyl sites for hydroxylation is 3. The lowest BCUT2D eigenvalue weighted by molar-refractivity contribution is 0.596. The van der Waals surface area contributed by atoms with Gasteiger partial charge in [-0.2, -0.15) is 0 Å². The average molecular weight is 491 g/mol. The maximum absolute atomic E-state index is 12.9. The van der Waals surface area contributed by atoms with Gasteiger partial charge in [0.05, 0.1) is 9.79 Å². The second-order valence-electron chi connectivity index (χ2n) is 8.05. The van der Waals surface area contributed by atoms with Crippen molar-refractivity contribution in [3.63, 3.8) is 0 Å². The Hall–Kier alpha value is -2.47. The molecule has 0 bridgehead atoms. The Balaban J connectivity index is 1.54. The molecule has 0 atom stereocenters. The molecule has 0 aliphatic heterocycles. The molecule has 0 spiro atoms. The molecule has 0 amide bonds. The van der Waals surface area contributed by atoms with Gasteiger partial charge in [-0.3, -0.25) is 0 Å². The van der Waals surface area contributed by atoms with Crippen molar-refractivity contribution in [3.05, 3.63) is 102 Å². The molecule has 168 valence electrons. The smallest absolute Gasteiger partial charge is 0.206 e. The van der Waals surface area contributed by atoms with E-state index in [0.717, 1.165) is 15.4 Å². The highest BCUT2D eigenvalue weighted by atomic mass is 32.2. The van der Waals surface area contributed by atoms with Crippen LogP contribution in [0.2, 0.25) is 0 Å². The van der Waals surface area contributed by atoms with Gasteiger partial charge in [-0.05, 0) is 110 Å². The molecule has 0 aromatic heterocycles. The van der Waals surface area contributed by atoms with Crippen molar-refractivity contribution < 1.29 is 8.42 Å². The van der Waals surface area contributed by atoms with Crippen molar-refractivity contribution >= 4 is 33.4 Å². The summed E-state index contributed by atoms with van der Waals surface area (Å²) >= 11 is 3.39. The lowest BCUT2D eigenvalue weighted by atomic mass is 9.97. The maximum atomic E-state index is 12.9. The van der Waals surface area contributed by atoms with Gasteiger partial charge in [-0.25, -0.2) is 8.42 Å². The first-order chi connectivity index (χ1) is 15.8. The van der Waals surface area contributed by atoms with Gasteiger partial charge < -0.3 is 0 Å². The molecule has 0 aliphatic rings. The van der Waals surface area contributed by atoms with Crippen LogP contribution in [0.5, 0.6) is 0 Å². The van der Waals surface area contributed by atoms with E-state index in [1.165, 1.54) is 27.1 Å². The Bertz CT molecular complexity index is 1390. The van der Waals surface area contributed by atoms with Crippen LogP contribution in [0.15, 0.2) is 109 Å². The standard InChI is InChI=1S/C28H26O2S3/c1-19-5-11-25(12-6-19)33(29,30)26-13-7-22(8-14-26)32-24-10-16-28(21(3)18-24)27-15-9-23(31-4)17-20(27)2/h5-18H,1-4H3. The largest absolute Gasteiger partial charge is 0.219 e. The molecule has 0 unspecified atom stereocenters. The summed E-state index contributed by atoms with van der Waals surface area (Å²) in [5.41, 5.74) is 6.03. The fourth-order valence-corrected chi connectivity index (χ4v) is 6.42. The van der Waals surface area contributed by atoms with Crippen LogP contribution in [0.25, 0.3) is 11.1 Å². The predicted molar refractivity (Wildman–Crippen MR) is 140 cm³/mol. The average Bonchev–Trinajstić information content (AvgIpc) is 2.80. The van der Waals surface area contributed by atoms with Gasteiger partial charge in [0.15, 0.2) is 0 Å². The molecule has 0 N–H and O–H groups in total. The molecule has 4 rings (SSSR count). The number of hydrogen-bond acceptors (Lipinski definition) is 4. The Labute approximate surface area is 205 Å². The Morgan fingerprint density at radius 3 is 1.55 bits per heavy atom. The summed E-state index contributed by atoms with van der Waals surface area (Å²) in [5.74, 6) is 0. The summed E-state index contributed by atoms with van der Waals surface area (Å²) in [4.78, 5) is 4.04. The van der Waals surface area contributed by atoms with Gasteiger partial charge in [0.25, 0.3) is 0 Å². The van der Waals surface area contributed by atoms with E-state index in [1.807, 2.05) is 31.2 Å². The van der Waals surface area contributed by atoms with E-state index in [1.54, 1.807) is 47.8 Å². The van der Waals surface area contributed by atoms with Crippen molar-refractivity contribution in [3.8, 4) is 11.1 Å². The first kappa shape index (κ1) is 23.7. The minimum atomic E-state index is -3.51. The van der Waals surface area contributed by atoms with Crippen LogP contribution in [-0.4, -0.2) is 14.7 Å². The molecule has 33 heavy (non-hydrogen) atoms. The summed E-state index contributed by atoms with van der Waals surface area (Å²) in [5, 5.41) is 0. The summed E-state index contributed by atoms with van der Waals surface area (Å²) in [6.07, 6.45) is 2.09. The maximum Gasteiger partial charge on any atom is 0.206 e. The summed E-state index contributed by atoms with van der Waals surface area (Å²) in [6, 6.07) is 27.2. The Morgan fingerprint density at radius 1 is 0.576 bits per heavy atom. The first-order valence-electron chi connectivity index (χ1n) is 10.6. The third-order valence-electron chi connectivity index (χ3n) is 5.62. The van der Waals surface area contributed by atoms with Crippen molar-refractivity contribution in [1.29, 1.82) is 0 Å². The van der Waals surface area contributed by atoms with Gasteiger partial charge in [-0.15, -0.1) is 11.8 Å². The molecule has 0 fully saturated rings. The molecule has 2 nitrogen and oxygen atoms in total. The van der Waals surface area contributed by atoms with E-state index < -0.39 is 9.84 Å². The number of benzene rings is 4. The highest BCUT2D eigenvalue weighted by molar-refractivity contribution is 7.99. The van der Waals surface area contributed by atoms with Crippen molar-refractivity contribution in [1.82, 2.24) is 0 Å². The quantitative estimate of drug-likeness (QED) is 0.257. The highest BCUT2D eigenvalue weighted by Gasteiger charge is 2.17. The minimum absolute atomic E-state index is 0.311. The van der Waals surface area contributed by atoms with Crippen LogP contribution in [0.4, 0.5) is 0 Å². The van der Waals surface area contributed by atoms with E-state index in [2.05, 4.69) is 56.5 Å². The van der Waals surface area contributed by atoms with E-state index in [-0.39, 0.29) is 0 Å². The fraction of sp³-hybridized carbons (Fsp3) is 0.143. The van der Waals surface area contributed by atoms with Crippen LogP contribution in [0.1, 0.15) is 16.7 Å². The number of sulfone groups is 1. The lowest BCUT2D eigenvalue weighted by Crippen LogP contribution is -2.01. The topological polar surface area (TPSA) is 34.1 Å². The molecular weight excluding hydrogens is 465 g/mol. The molecule has 0 saturated carbocycles. The summed E-state index contributed by atoms with van der Waals surface area (Å²) < 4.78 is 25.8. The van der Waals surface area contributed by atoms with Crippen molar-refractivity contribution in [2.24, 2.45) is 0 Å². The molecule has 4 aromatic carbocycles. The van der Waals surface area contributed by atoms with Crippen LogP contribution in [0.3, 0.4) is 0 Å². The monoisotopic (exact) mass is 490 g/mol. The fourth-order valence-electron chi connectivity index (χ4n) is 3.74. The molecule has 0 heterocycles. The highest BCUT2D eigenvalue weighted by Crippen LogP contribution is 2.35. The lowest BCUT2D eigenvalue weighted by Gasteiger charge is -2.12. The van der Waals surface area contributed by atoms with Crippen molar-refractivity contribution in [2.75, 3.05) is 6.26 Å². The normalized spacial score (nSPS) is 11.5. The van der Waals surface area contributed by atoms with Crippen LogP contribution in [0, 0.1) is 20.8 Å². The van der Waals surface area contributed by atoms with E-state index in [0.29, 0.717) is 9.79 Å². The van der Waals surface area contributed by atoms with Crippen LogP contribution >= 0.6 is 23.5 Å². The third-order valence-corrected chi connectivity index (χ3v) is 9.13. The minimum Gasteiger partial charge on any atom is -0.219 e. The molecule has 0 radical (unpaired) electrons. The van der Waals surface area contributed by atoms with Crippen molar-refractivity contribution in [2.45, 2.75) is 45.2 Å². The summed E-state index contributed by atoms with van der Waals surface area (Å²) in [7, 11) is -3.51.